The van der Waals surface area contributed by atoms with Crippen molar-refractivity contribution in [3.63, 3.8) is 0 Å². The third-order valence-corrected chi connectivity index (χ3v) is 1.62. The molecule has 0 heterocycles. The average molecular weight is 124 g/mol. The predicted molar refractivity (Wildman–Crippen MR) is 38.3 cm³/mol. The molecule has 1 heteroatoms. The second kappa shape index (κ2) is 2.83. The minimum atomic E-state index is 0.267. The van der Waals surface area contributed by atoms with E-state index >= 15 is 0 Å². The zero-order valence-electron chi connectivity index (χ0n) is 5.92. The minimum Gasteiger partial charge on any atom is -0.377 e. The van der Waals surface area contributed by atoms with Crippen LogP contribution in [-0.4, -0.2) is 13.2 Å². The van der Waals surface area contributed by atoms with Gasteiger partial charge in [-0.15, -0.1) is 0 Å². The Morgan fingerprint density at radius 2 is 2.44 bits per heavy atom. The van der Waals surface area contributed by atoms with E-state index < -0.39 is 0 Å². The van der Waals surface area contributed by atoms with Gasteiger partial charge in [0, 0.05) is 7.11 Å². The highest BCUT2D eigenvalue weighted by Crippen LogP contribution is 2.14. The summed E-state index contributed by atoms with van der Waals surface area (Å²) in [7, 11) is 1.73. The van der Waals surface area contributed by atoms with Crippen LogP contribution in [0, 0.1) is 0 Å². The van der Waals surface area contributed by atoms with Gasteiger partial charge in [0.05, 0.1) is 6.10 Å². The number of hydrogen-bond acceptors (Lipinski definition) is 1. The molecule has 1 atom stereocenters. The fraction of sp³-hybridized carbons (Fsp3) is 0.500. The summed E-state index contributed by atoms with van der Waals surface area (Å²) in [5.41, 5.74) is 1.30. The number of ether oxygens (including phenoxy) is 1. The smallest absolute Gasteiger partial charge is 0.0789 e. The molecule has 1 aliphatic rings. The highest BCUT2D eigenvalue weighted by molar-refractivity contribution is 5.28. The molecule has 9 heavy (non-hydrogen) atoms. The zero-order valence-corrected chi connectivity index (χ0v) is 5.92. The minimum absolute atomic E-state index is 0.267. The van der Waals surface area contributed by atoms with Crippen LogP contribution in [0.2, 0.25) is 0 Å². The normalized spacial score (nSPS) is 20.0. The lowest BCUT2D eigenvalue weighted by atomic mass is 10.2. The van der Waals surface area contributed by atoms with Crippen LogP contribution in [0.3, 0.4) is 0 Å². The summed E-state index contributed by atoms with van der Waals surface area (Å²) in [4.78, 5) is 0. The lowest BCUT2D eigenvalue weighted by molar-refractivity contribution is 0.150. The van der Waals surface area contributed by atoms with Gasteiger partial charge in [-0.25, -0.2) is 0 Å². The molecule has 0 saturated heterocycles. The topological polar surface area (TPSA) is 9.23 Å². The molecule has 0 aliphatic heterocycles. The number of hydrogen-bond donors (Lipinski definition) is 0. The Morgan fingerprint density at radius 1 is 1.67 bits per heavy atom. The number of methoxy groups -OCH3 is 1. The summed E-state index contributed by atoms with van der Waals surface area (Å²) in [6.45, 7) is 2.06. The lowest BCUT2D eigenvalue weighted by Gasteiger charge is -2.07. The molecule has 0 amide bonds. The Morgan fingerprint density at radius 3 is 2.89 bits per heavy atom. The molecule has 1 unspecified atom stereocenters. The molecular formula is C8H12O. The summed E-state index contributed by atoms with van der Waals surface area (Å²) in [5.74, 6) is 0. The monoisotopic (exact) mass is 124 g/mol. The van der Waals surface area contributed by atoms with Crippen LogP contribution < -0.4 is 0 Å². The Kier molecular flexibility index (Phi) is 2.06. The van der Waals surface area contributed by atoms with Crippen molar-refractivity contribution in [1.82, 2.24) is 0 Å². The van der Waals surface area contributed by atoms with Gasteiger partial charge < -0.3 is 4.74 Å². The van der Waals surface area contributed by atoms with Crippen LogP contribution in [0.5, 0.6) is 0 Å². The van der Waals surface area contributed by atoms with Crippen LogP contribution in [0.25, 0.3) is 0 Å². The summed E-state index contributed by atoms with van der Waals surface area (Å²) >= 11 is 0. The van der Waals surface area contributed by atoms with E-state index in [1.807, 2.05) is 0 Å². The molecule has 50 valence electrons. The lowest BCUT2D eigenvalue weighted by Crippen LogP contribution is -2.05. The Bertz CT molecular complexity index is 145. The number of allylic oxidation sites excluding steroid dienone is 2. The van der Waals surface area contributed by atoms with E-state index in [1.165, 1.54) is 5.57 Å². The van der Waals surface area contributed by atoms with E-state index in [9.17, 15) is 0 Å². The Labute approximate surface area is 56.0 Å². The number of rotatable bonds is 2. The van der Waals surface area contributed by atoms with Gasteiger partial charge in [0.1, 0.15) is 0 Å². The fourth-order valence-electron chi connectivity index (χ4n) is 0.914. The SMILES string of the molecule is COC(C)C1=CCC=C1. The van der Waals surface area contributed by atoms with Gasteiger partial charge in [0.25, 0.3) is 0 Å². The molecule has 0 spiro atoms. The fourth-order valence-corrected chi connectivity index (χ4v) is 0.914. The summed E-state index contributed by atoms with van der Waals surface area (Å²) in [5, 5.41) is 0. The van der Waals surface area contributed by atoms with Crippen molar-refractivity contribution in [2.75, 3.05) is 7.11 Å². The Balaban J connectivity index is 2.51. The van der Waals surface area contributed by atoms with E-state index in [2.05, 4.69) is 25.2 Å². The van der Waals surface area contributed by atoms with Crippen LogP contribution in [0.15, 0.2) is 23.8 Å². The molecule has 0 N–H and O–H groups in total. The van der Waals surface area contributed by atoms with Crippen molar-refractivity contribution in [2.45, 2.75) is 19.4 Å². The molecule has 0 aromatic heterocycles. The molecule has 1 nitrogen and oxygen atoms in total. The second-order valence-corrected chi connectivity index (χ2v) is 2.22. The van der Waals surface area contributed by atoms with Crippen molar-refractivity contribution >= 4 is 0 Å². The van der Waals surface area contributed by atoms with E-state index in [0.29, 0.717) is 0 Å². The standard InChI is InChI=1S/C8H12O/c1-7(9-2)8-5-3-4-6-8/h3,5-7H,4H2,1-2H3. The molecule has 0 aromatic rings. The first-order chi connectivity index (χ1) is 4.34. The summed E-state index contributed by atoms with van der Waals surface area (Å²) in [6.07, 6.45) is 7.79. The average Bonchev–Trinajstić information content (AvgIpc) is 2.37. The van der Waals surface area contributed by atoms with Crippen molar-refractivity contribution < 1.29 is 4.74 Å². The van der Waals surface area contributed by atoms with Crippen LogP contribution in [0.1, 0.15) is 13.3 Å². The molecule has 1 aliphatic carbocycles. The van der Waals surface area contributed by atoms with E-state index in [1.54, 1.807) is 7.11 Å². The molecule has 1 rings (SSSR count). The van der Waals surface area contributed by atoms with Gasteiger partial charge in [-0.3, -0.25) is 0 Å². The third kappa shape index (κ3) is 1.42. The van der Waals surface area contributed by atoms with Gasteiger partial charge in [0.2, 0.25) is 0 Å². The van der Waals surface area contributed by atoms with Gasteiger partial charge in [-0.2, -0.15) is 0 Å². The highest BCUT2D eigenvalue weighted by Gasteiger charge is 2.05. The highest BCUT2D eigenvalue weighted by atomic mass is 16.5. The maximum Gasteiger partial charge on any atom is 0.0789 e. The molecule has 0 aromatic carbocycles. The predicted octanol–water partition coefficient (Wildman–Crippen LogP) is 1.91. The third-order valence-electron chi connectivity index (χ3n) is 1.62. The van der Waals surface area contributed by atoms with Crippen molar-refractivity contribution in [3.8, 4) is 0 Å². The first-order valence-electron chi connectivity index (χ1n) is 3.24. The van der Waals surface area contributed by atoms with Crippen LogP contribution >= 0.6 is 0 Å². The second-order valence-electron chi connectivity index (χ2n) is 2.22. The van der Waals surface area contributed by atoms with Crippen molar-refractivity contribution in [3.05, 3.63) is 23.8 Å². The van der Waals surface area contributed by atoms with Gasteiger partial charge in [-0.1, -0.05) is 18.2 Å². The molecule has 0 saturated carbocycles. The quantitative estimate of drug-likeness (QED) is 0.546. The van der Waals surface area contributed by atoms with Crippen LogP contribution in [-0.2, 0) is 4.74 Å². The van der Waals surface area contributed by atoms with Crippen LogP contribution in [0.4, 0.5) is 0 Å². The molecule has 0 radical (unpaired) electrons. The van der Waals surface area contributed by atoms with E-state index in [-0.39, 0.29) is 6.10 Å². The molecular weight excluding hydrogens is 112 g/mol. The summed E-state index contributed by atoms with van der Waals surface area (Å²) < 4.78 is 5.11. The van der Waals surface area contributed by atoms with Crippen molar-refractivity contribution in [2.24, 2.45) is 0 Å². The maximum absolute atomic E-state index is 5.11. The van der Waals surface area contributed by atoms with E-state index in [0.717, 1.165) is 6.42 Å². The first kappa shape index (κ1) is 6.56. The van der Waals surface area contributed by atoms with E-state index in [4.69, 9.17) is 4.74 Å². The van der Waals surface area contributed by atoms with Crippen molar-refractivity contribution in [1.29, 1.82) is 0 Å². The first-order valence-corrected chi connectivity index (χ1v) is 3.24. The van der Waals surface area contributed by atoms with Gasteiger partial charge in [-0.05, 0) is 18.9 Å². The largest absolute Gasteiger partial charge is 0.377 e. The molecule has 0 fully saturated rings. The molecule has 0 bridgehead atoms. The zero-order chi connectivity index (χ0) is 6.69. The maximum atomic E-state index is 5.11. The van der Waals surface area contributed by atoms with Gasteiger partial charge >= 0.3 is 0 Å². The summed E-state index contributed by atoms with van der Waals surface area (Å²) in [6, 6.07) is 0. The van der Waals surface area contributed by atoms with Gasteiger partial charge in [0.15, 0.2) is 0 Å². The Hall–Kier alpha value is -0.560.